The molecule has 2 heterocycles. The number of nitrogens with one attached hydrogen (secondary N) is 1. The maximum Gasteiger partial charge on any atom is 0.264 e. The zero-order chi connectivity index (χ0) is 19.7. The number of benzene rings is 2. The molecule has 0 unspecified atom stereocenters. The Balaban J connectivity index is 1.71. The highest BCUT2D eigenvalue weighted by atomic mass is 32.2. The maximum absolute atomic E-state index is 13.0. The number of rotatable bonds is 5. The Kier molecular flexibility index (Phi) is 4.48. The van der Waals surface area contributed by atoms with Crippen LogP contribution in [0.5, 0.6) is 0 Å². The lowest BCUT2D eigenvalue weighted by Crippen LogP contribution is -2.14. The van der Waals surface area contributed by atoms with E-state index in [1.165, 1.54) is 6.26 Å². The number of hydrogen-bond donors (Lipinski definition) is 1. The second-order valence-corrected chi connectivity index (χ2v) is 7.94. The number of hydrogen-bond acceptors (Lipinski definition) is 6. The van der Waals surface area contributed by atoms with Gasteiger partial charge in [-0.3, -0.25) is 0 Å². The van der Waals surface area contributed by atoms with Crippen molar-refractivity contribution < 1.29 is 17.5 Å². The van der Waals surface area contributed by atoms with Gasteiger partial charge in [0.25, 0.3) is 10.0 Å². The predicted molar refractivity (Wildman–Crippen MR) is 104 cm³/mol. The van der Waals surface area contributed by atoms with Crippen molar-refractivity contribution in [3.63, 3.8) is 0 Å². The molecule has 4 rings (SSSR count). The van der Waals surface area contributed by atoms with E-state index in [1.54, 1.807) is 44.2 Å². The molecule has 28 heavy (non-hydrogen) atoms. The summed E-state index contributed by atoms with van der Waals surface area (Å²) in [6, 6.07) is 16.0. The predicted octanol–water partition coefficient (Wildman–Crippen LogP) is 4.41. The molecule has 0 aliphatic heterocycles. The average molecular weight is 395 g/mol. The van der Waals surface area contributed by atoms with Crippen molar-refractivity contribution in [2.45, 2.75) is 18.7 Å². The lowest BCUT2D eigenvalue weighted by atomic mass is 10.0. The molecular formula is C20H17N3O4S. The molecule has 0 radical (unpaired) electrons. The molecular weight excluding hydrogens is 378 g/mol. The molecule has 2 aromatic heterocycles. The Hall–Kier alpha value is -3.39. The van der Waals surface area contributed by atoms with Crippen molar-refractivity contribution in [3.05, 3.63) is 72.1 Å². The van der Waals surface area contributed by atoms with Gasteiger partial charge in [-0.05, 0) is 25.5 Å². The first kappa shape index (κ1) is 18.0. The molecule has 0 atom stereocenters. The Morgan fingerprint density at radius 2 is 1.61 bits per heavy atom. The summed E-state index contributed by atoms with van der Waals surface area (Å²) in [5.74, 6) is 0.119. The third-order valence-electron chi connectivity index (χ3n) is 4.49. The van der Waals surface area contributed by atoms with E-state index >= 15 is 0 Å². The highest BCUT2D eigenvalue weighted by Gasteiger charge is 2.22. The van der Waals surface area contributed by atoms with E-state index < -0.39 is 10.0 Å². The lowest BCUT2D eigenvalue weighted by Gasteiger charge is -2.11. The lowest BCUT2D eigenvalue weighted by molar-refractivity contribution is 0.422. The van der Waals surface area contributed by atoms with Crippen molar-refractivity contribution in [1.82, 2.24) is 10.3 Å². The first-order chi connectivity index (χ1) is 13.5. The topological polar surface area (TPSA) is 98.2 Å². The maximum atomic E-state index is 13.0. The Bertz CT molecular complexity index is 1210. The van der Waals surface area contributed by atoms with Crippen molar-refractivity contribution in [2.75, 3.05) is 4.72 Å². The van der Waals surface area contributed by atoms with Crippen LogP contribution in [0.1, 0.15) is 11.3 Å². The van der Waals surface area contributed by atoms with Gasteiger partial charge in [-0.15, -0.1) is 0 Å². The van der Waals surface area contributed by atoms with E-state index in [9.17, 15) is 8.42 Å². The van der Waals surface area contributed by atoms with Crippen molar-refractivity contribution in [2.24, 2.45) is 0 Å². The Morgan fingerprint density at radius 1 is 0.893 bits per heavy atom. The fraction of sp³-hybridized carbons (Fsp3) is 0.100. The van der Waals surface area contributed by atoms with Crippen LogP contribution in [0, 0.1) is 13.8 Å². The quantitative estimate of drug-likeness (QED) is 0.537. The second-order valence-electron chi connectivity index (χ2n) is 6.29. The van der Waals surface area contributed by atoms with Gasteiger partial charge in [0, 0.05) is 22.8 Å². The van der Waals surface area contributed by atoms with Crippen LogP contribution in [0.4, 0.5) is 5.88 Å². The molecule has 142 valence electrons. The number of aryl methyl sites for hydroxylation is 1. The minimum absolute atomic E-state index is 0.119. The summed E-state index contributed by atoms with van der Waals surface area (Å²) in [6.07, 6.45) is 1.50. The molecule has 0 bridgehead atoms. The van der Waals surface area contributed by atoms with Crippen LogP contribution in [0.25, 0.3) is 22.4 Å². The summed E-state index contributed by atoms with van der Waals surface area (Å²) >= 11 is 0. The first-order valence-corrected chi connectivity index (χ1v) is 10.00. The molecule has 8 heteroatoms. The van der Waals surface area contributed by atoms with Crippen LogP contribution in [-0.2, 0) is 10.0 Å². The number of anilines is 1. The average Bonchev–Trinajstić information content (AvgIpc) is 3.34. The SMILES string of the molecule is Cc1noc(NS(=O)(=O)c2ccccc2-c2ccc(-c3ccon3)cc2)c1C. The summed E-state index contributed by atoms with van der Waals surface area (Å²) in [5, 5.41) is 7.70. The van der Waals surface area contributed by atoms with Gasteiger partial charge in [0.05, 0.1) is 10.6 Å². The van der Waals surface area contributed by atoms with Gasteiger partial charge in [0.2, 0.25) is 5.88 Å². The van der Waals surface area contributed by atoms with Crippen molar-refractivity contribution >= 4 is 15.9 Å². The van der Waals surface area contributed by atoms with E-state index in [2.05, 4.69) is 15.0 Å². The Morgan fingerprint density at radius 3 is 2.25 bits per heavy atom. The highest BCUT2D eigenvalue weighted by molar-refractivity contribution is 7.92. The van der Waals surface area contributed by atoms with Gasteiger partial charge in [-0.1, -0.05) is 52.8 Å². The molecule has 1 N–H and O–H groups in total. The summed E-state index contributed by atoms with van der Waals surface area (Å²) in [6.45, 7) is 3.50. The monoisotopic (exact) mass is 395 g/mol. The Labute approximate surface area is 162 Å². The van der Waals surface area contributed by atoms with Gasteiger partial charge in [0.15, 0.2) is 0 Å². The molecule has 0 aliphatic rings. The number of aromatic nitrogens is 2. The highest BCUT2D eigenvalue weighted by Crippen LogP contribution is 2.31. The minimum Gasteiger partial charge on any atom is -0.364 e. The fourth-order valence-electron chi connectivity index (χ4n) is 2.81. The van der Waals surface area contributed by atoms with Crippen LogP contribution in [0.2, 0.25) is 0 Å². The molecule has 0 spiro atoms. The molecule has 0 saturated carbocycles. The third-order valence-corrected chi connectivity index (χ3v) is 5.88. The molecule has 0 fully saturated rings. The van der Waals surface area contributed by atoms with E-state index in [0.29, 0.717) is 22.5 Å². The van der Waals surface area contributed by atoms with Gasteiger partial charge in [0.1, 0.15) is 12.0 Å². The molecule has 7 nitrogen and oxygen atoms in total. The number of nitrogens with zero attached hydrogens (tertiary/aromatic N) is 2. The first-order valence-electron chi connectivity index (χ1n) is 8.51. The molecule has 2 aromatic carbocycles. The van der Waals surface area contributed by atoms with Crippen LogP contribution < -0.4 is 4.72 Å². The molecule has 4 aromatic rings. The van der Waals surface area contributed by atoms with Crippen LogP contribution in [0.15, 0.2) is 74.8 Å². The van der Waals surface area contributed by atoms with Crippen molar-refractivity contribution in [3.8, 4) is 22.4 Å². The molecule has 0 aliphatic carbocycles. The van der Waals surface area contributed by atoms with Gasteiger partial charge in [-0.25, -0.2) is 13.1 Å². The van der Waals surface area contributed by atoms with Gasteiger partial charge in [-0.2, -0.15) is 0 Å². The standard InChI is InChI=1S/C20H17N3O4S/c1-13-14(2)21-27-20(13)23-28(24,25)19-6-4-3-5-17(19)15-7-9-16(10-8-15)18-11-12-26-22-18/h3-12,23H,1-2H3. The summed E-state index contributed by atoms with van der Waals surface area (Å²) in [4.78, 5) is 0.151. The van der Waals surface area contributed by atoms with Crippen LogP contribution >= 0.6 is 0 Å². The normalized spacial score (nSPS) is 11.5. The fourth-order valence-corrected chi connectivity index (χ4v) is 4.09. The minimum atomic E-state index is -3.87. The summed E-state index contributed by atoms with van der Waals surface area (Å²) < 4.78 is 38.4. The zero-order valence-electron chi connectivity index (χ0n) is 15.2. The zero-order valence-corrected chi connectivity index (χ0v) is 16.0. The smallest absolute Gasteiger partial charge is 0.264 e. The van der Waals surface area contributed by atoms with Crippen LogP contribution in [-0.4, -0.2) is 18.7 Å². The van der Waals surface area contributed by atoms with E-state index in [-0.39, 0.29) is 10.8 Å². The number of sulfonamides is 1. The third kappa shape index (κ3) is 3.29. The van der Waals surface area contributed by atoms with Gasteiger partial charge < -0.3 is 9.05 Å². The summed E-state index contributed by atoms with van der Waals surface area (Å²) in [7, 11) is -3.87. The second kappa shape index (κ2) is 6.97. The van der Waals surface area contributed by atoms with Crippen molar-refractivity contribution in [1.29, 1.82) is 0 Å². The van der Waals surface area contributed by atoms with E-state index in [0.717, 1.165) is 11.1 Å². The summed E-state index contributed by atoms with van der Waals surface area (Å²) in [5.41, 5.74) is 4.22. The molecule has 0 amide bonds. The van der Waals surface area contributed by atoms with E-state index in [1.807, 2.05) is 24.3 Å². The van der Waals surface area contributed by atoms with Gasteiger partial charge >= 0.3 is 0 Å². The largest absolute Gasteiger partial charge is 0.364 e. The molecule has 0 saturated heterocycles. The van der Waals surface area contributed by atoms with Crippen LogP contribution in [0.3, 0.4) is 0 Å². The van der Waals surface area contributed by atoms with E-state index in [4.69, 9.17) is 9.05 Å².